The topological polar surface area (TPSA) is 74.7 Å². The van der Waals surface area contributed by atoms with E-state index in [1.54, 1.807) is 0 Å². The van der Waals surface area contributed by atoms with Crippen molar-refractivity contribution in [3.05, 3.63) is 34.9 Å². The number of carbonyl (C=O) groups excluding carboxylic acids is 2. The molecule has 1 aromatic carbocycles. The fourth-order valence-corrected chi connectivity index (χ4v) is 2.92. The summed E-state index contributed by atoms with van der Waals surface area (Å²) in [4.78, 5) is 37.3. The summed E-state index contributed by atoms with van der Waals surface area (Å²) in [5.41, 5.74) is 0.570. The summed E-state index contributed by atoms with van der Waals surface area (Å²) in [6.45, 7) is 1.97. The second-order valence-electron chi connectivity index (χ2n) is 5.79. The maximum atomic E-state index is 12.5. The Morgan fingerprint density at radius 2 is 1.95 bits per heavy atom. The first-order valence-corrected chi connectivity index (χ1v) is 7.28. The molecule has 21 heavy (non-hydrogen) atoms. The molecule has 0 spiro atoms. The first kappa shape index (κ1) is 13.8. The van der Waals surface area contributed by atoms with E-state index in [2.05, 4.69) is 0 Å². The van der Waals surface area contributed by atoms with Gasteiger partial charge in [0, 0.05) is 6.04 Å². The maximum Gasteiger partial charge on any atom is 0.335 e. The quantitative estimate of drug-likeness (QED) is 0.844. The van der Waals surface area contributed by atoms with Gasteiger partial charge in [-0.25, -0.2) is 4.79 Å². The van der Waals surface area contributed by atoms with Crippen LogP contribution >= 0.6 is 0 Å². The number of aromatic carboxylic acids is 1. The number of carboxylic acid groups (broad SMARTS) is 1. The van der Waals surface area contributed by atoms with Gasteiger partial charge in [-0.05, 0) is 37.0 Å². The molecule has 2 amide bonds. The number of nitrogens with zero attached hydrogens (tertiary/aromatic N) is 1. The van der Waals surface area contributed by atoms with Crippen molar-refractivity contribution in [2.75, 3.05) is 0 Å². The molecule has 1 heterocycles. The molecular formula is C16H17NO4. The maximum absolute atomic E-state index is 12.5. The number of hydrogen-bond donors (Lipinski definition) is 1. The van der Waals surface area contributed by atoms with E-state index in [9.17, 15) is 14.4 Å². The summed E-state index contributed by atoms with van der Waals surface area (Å²) in [6, 6.07) is 4.04. The fourth-order valence-electron chi connectivity index (χ4n) is 2.92. The summed E-state index contributed by atoms with van der Waals surface area (Å²) < 4.78 is 0. The predicted molar refractivity (Wildman–Crippen MR) is 75.3 cm³/mol. The zero-order chi connectivity index (χ0) is 15.1. The molecular weight excluding hydrogens is 270 g/mol. The van der Waals surface area contributed by atoms with Crippen molar-refractivity contribution in [1.82, 2.24) is 4.90 Å². The van der Waals surface area contributed by atoms with Gasteiger partial charge in [-0.15, -0.1) is 0 Å². The first-order valence-electron chi connectivity index (χ1n) is 7.28. The highest BCUT2D eigenvalue weighted by Gasteiger charge is 2.41. The van der Waals surface area contributed by atoms with E-state index in [4.69, 9.17) is 5.11 Å². The smallest absolute Gasteiger partial charge is 0.335 e. The number of fused-ring (bicyclic) bond motifs is 1. The molecule has 0 radical (unpaired) electrons. The monoisotopic (exact) mass is 287 g/mol. The lowest BCUT2D eigenvalue weighted by atomic mass is 10.1. The average molecular weight is 287 g/mol. The van der Waals surface area contributed by atoms with Crippen molar-refractivity contribution in [3.63, 3.8) is 0 Å². The molecule has 1 fully saturated rings. The lowest BCUT2D eigenvalue weighted by Crippen LogP contribution is -2.39. The normalized spacial score (nSPS) is 18.8. The molecule has 1 aromatic rings. The van der Waals surface area contributed by atoms with Gasteiger partial charge in [0.2, 0.25) is 0 Å². The van der Waals surface area contributed by atoms with Crippen LogP contribution in [0.15, 0.2) is 18.2 Å². The number of benzene rings is 1. The largest absolute Gasteiger partial charge is 0.478 e. The molecule has 5 nitrogen and oxygen atoms in total. The third kappa shape index (κ3) is 2.33. The van der Waals surface area contributed by atoms with Gasteiger partial charge < -0.3 is 5.11 Å². The Morgan fingerprint density at radius 1 is 1.29 bits per heavy atom. The van der Waals surface area contributed by atoms with Gasteiger partial charge >= 0.3 is 5.97 Å². The van der Waals surface area contributed by atoms with Crippen LogP contribution in [0.4, 0.5) is 0 Å². The number of carboxylic acids is 1. The van der Waals surface area contributed by atoms with Crippen LogP contribution in [0.2, 0.25) is 0 Å². The summed E-state index contributed by atoms with van der Waals surface area (Å²) in [5.74, 6) is -1.12. The molecule has 0 aromatic heterocycles. The van der Waals surface area contributed by atoms with Gasteiger partial charge in [-0.1, -0.05) is 19.8 Å². The van der Waals surface area contributed by atoms with Crippen LogP contribution < -0.4 is 0 Å². The van der Waals surface area contributed by atoms with Crippen LogP contribution in [0, 0.1) is 5.92 Å². The molecule has 1 aliphatic heterocycles. The standard InChI is InChI=1S/C16H17NO4/c1-2-11(7-9-3-4-9)17-14(18)12-6-5-10(16(20)21)8-13(12)15(17)19/h5-6,8-9,11H,2-4,7H2,1H3,(H,20,21). The number of carbonyl (C=O) groups is 3. The lowest BCUT2D eigenvalue weighted by molar-refractivity contribution is 0.0566. The number of rotatable bonds is 5. The van der Waals surface area contributed by atoms with E-state index in [-0.39, 0.29) is 29.0 Å². The first-order chi connectivity index (χ1) is 10.0. The third-order valence-corrected chi connectivity index (χ3v) is 4.30. The molecule has 2 aliphatic rings. The Kier molecular flexibility index (Phi) is 3.27. The highest BCUT2D eigenvalue weighted by atomic mass is 16.4. The van der Waals surface area contributed by atoms with Crippen LogP contribution in [-0.4, -0.2) is 33.8 Å². The number of amides is 2. The second-order valence-corrected chi connectivity index (χ2v) is 5.79. The van der Waals surface area contributed by atoms with Gasteiger partial charge in [0.1, 0.15) is 0 Å². The summed E-state index contributed by atoms with van der Waals surface area (Å²) in [5, 5.41) is 9.01. The van der Waals surface area contributed by atoms with Gasteiger partial charge in [0.25, 0.3) is 11.8 Å². The highest BCUT2D eigenvalue weighted by Crippen LogP contribution is 2.37. The van der Waals surface area contributed by atoms with Gasteiger partial charge in [-0.2, -0.15) is 0 Å². The van der Waals surface area contributed by atoms with Crippen molar-refractivity contribution in [3.8, 4) is 0 Å². The lowest BCUT2D eigenvalue weighted by Gasteiger charge is -2.25. The summed E-state index contributed by atoms with van der Waals surface area (Å²) >= 11 is 0. The molecule has 0 saturated heterocycles. The van der Waals surface area contributed by atoms with E-state index in [1.165, 1.54) is 35.9 Å². The molecule has 3 rings (SSSR count). The number of hydrogen-bond acceptors (Lipinski definition) is 3. The molecule has 1 aliphatic carbocycles. The molecule has 110 valence electrons. The number of imide groups is 1. The van der Waals surface area contributed by atoms with Crippen molar-refractivity contribution in [2.24, 2.45) is 5.92 Å². The molecule has 1 saturated carbocycles. The second kappa shape index (κ2) is 4.98. The molecule has 1 N–H and O–H groups in total. The Balaban J connectivity index is 1.93. The molecule has 5 heteroatoms. The minimum Gasteiger partial charge on any atom is -0.478 e. The van der Waals surface area contributed by atoms with Crippen LogP contribution in [-0.2, 0) is 0 Å². The van der Waals surface area contributed by atoms with E-state index < -0.39 is 5.97 Å². The van der Waals surface area contributed by atoms with Gasteiger partial charge in [0.15, 0.2) is 0 Å². The van der Waals surface area contributed by atoms with Crippen LogP contribution in [0.25, 0.3) is 0 Å². The average Bonchev–Trinajstić information content (AvgIpc) is 3.25. The van der Waals surface area contributed by atoms with Crippen molar-refractivity contribution in [2.45, 2.75) is 38.6 Å². The summed E-state index contributed by atoms with van der Waals surface area (Å²) in [7, 11) is 0. The van der Waals surface area contributed by atoms with Crippen LogP contribution in [0.5, 0.6) is 0 Å². The van der Waals surface area contributed by atoms with Crippen molar-refractivity contribution in [1.29, 1.82) is 0 Å². The zero-order valence-corrected chi connectivity index (χ0v) is 11.8. The van der Waals surface area contributed by atoms with Gasteiger partial charge in [0.05, 0.1) is 16.7 Å². The van der Waals surface area contributed by atoms with Crippen LogP contribution in [0.1, 0.15) is 63.7 Å². The van der Waals surface area contributed by atoms with E-state index >= 15 is 0 Å². The van der Waals surface area contributed by atoms with E-state index in [1.807, 2.05) is 6.92 Å². The third-order valence-electron chi connectivity index (χ3n) is 4.30. The van der Waals surface area contributed by atoms with Gasteiger partial charge in [-0.3, -0.25) is 14.5 Å². The fraction of sp³-hybridized carbons (Fsp3) is 0.438. The minimum absolute atomic E-state index is 0.0343. The Labute approximate surface area is 122 Å². The molecule has 1 unspecified atom stereocenters. The molecule has 0 bridgehead atoms. The van der Waals surface area contributed by atoms with E-state index in [0.29, 0.717) is 11.5 Å². The highest BCUT2D eigenvalue weighted by molar-refractivity contribution is 6.22. The Morgan fingerprint density at radius 3 is 2.52 bits per heavy atom. The summed E-state index contributed by atoms with van der Waals surface area (Å²) in [6.07, 6.45) is 3.92. The van der Waals surface area contributed by atoms with E-state index in [0.717, 1.165) is 12.8 Å². The van der Waals surface area contributed by atoms with Crippen molar-refractivity contribution < 1.29 is 19.5 Å². The predicted octanol–water partition coefficient (Wildman–Crippen LogP) is 2.56. The molecule has 1 atom stereocenters. The Hall–Kier alpha value is -2.17. The van der Waals surface area contributed by atoms with Crippen molar-refractivity contribution >= 4 is 17.8 Å². The minimum atomic E-state index is -1.10. The zero-order valence-electron chi connectivity index (χ0n) is 11.8. The SMILES string of the molecule is CCC(CC1CC1)N1C(=O)c2ccc(C(=O)O)cc2C1=O. The Bertz CT molecular complexity index is 633. The van der Waals surface area contributed by atoms with Crippen LogP contribution in [0.3, 0.4) is 0 Å².